The number of aromatic nitrogens is 1. The maximum absolute atomic E-state index is 13.6. The van der Waals surface area contributed by atoms with Gasteiger partial charge in [0.05, 0.1) is 27.6 Å². The van der Waals surface area contributed by atoms with Gasteiger partial charge >= 0.3 is 0 Å². The molecule has 0 amide bonds. The van der Waals surface area contributed by atoms with Gasteiger partial charge < -0.3 is 0 Å². The van der Waals surface area contributed by atoms with Crippen LogP contribution in [0.3, 0.4) is 0 Å². The van der Waals surface area contributed by atoms with Crippen molar-refractivity contribution in [1.29, 1.82) is 0 Å². The van der Waals surface area contributed by atoms with Crippen LogP contribution in [0.5, 0.6) is 0 Å². The molecule has 3 aromatic rings. The molecule has 168 valence electrons. The van der Waals surface area contributed by atoms with Crippen molar-refractivity contribution in [2.24, 2.45) is 21.8 Å². The minimum Gasteiger partial charge on any atom is -0.270 e. The van der Waals surface area contributed by atoms with Gasteiger partial charge in [0.2, 0.25) is 14.2 Å². The molecule has 2 unspecified atom stereocenters. The van der Waals surface area contributed by atoms with Gasteiger partial charge in [0.25, 0.3) is 0 Å². The van der Waals surface area contributed by atoms with Gasteiger partial charge in [-0.25, -0.2) is 22.8 Å². The van der Waals surface area contributed by atoms with E-state index in [0.29, 0.717) is 16.8 Å². The molecule has 0 fully saturated rings. The molecule has 1 aliphatic rings. The fraction of sp³-hybridized carbons (Fsp3) is 0.348. The zero-order chi connectivity index (χ0) is 23.0. The van der Waals surface area contributed by atoms with E-state index < -0.39 is 22.0 Å². The predicted octanol–water partition coefficient (Wildman–Crippen LogP) is 4.27. The normalized spacial score (nSPS) is 19.5. The van der Waals surface area contributed by atoms with Crippen LogP contribution < -0.4 is 0 Å². The molecular weight excluding hydrogens is 447 g/mol. The summed E-state index contributed by atoms with van der Waals surface area (Å²) < 4.78 is 41.4. The number of nitrogens with zero attached hydrogens (tertiary/aromatic N) is 4. The first-order valence-electron chi connectivity index (χ1n) is 10.3. The van der Waals surface area contributed by atoms with E-state index in [0.717, 1.165) is 10.4 Å². The summed E-state index contributed by atoms with van der Waals surface area (Å²) in [7, 11) is 0.0253. The highest BCUT2D eigenvalue weighted by atomic mass is 32.2. The van der Waals surface area contributed by atoms with Crippen molar-refractivity contribution in [3.8, 4) is 0 Å². The van der Waals surface area contributed by atoms with Gasteiger partial charge in [-0.05, 0) is 49.8 Å². The van der Waals surface area contributed by atoms with E-state index in [9.17, 15) is 12.8 Å². The van der Waals surface area contributed by atoms with E-state index in [1.165, 1.54) is 23.5 Å². The highest BCUT2D eigenvalue weighted by Gasteiger charge is 2.36. The van der Waals surface area contributed by atoms with Crippen LogP contribution in [0.4, 0.5) is 4.39 Å². The van der Waals surface area contributed by atoms with Crippen LogP contribution in [0.1, 0.15) is 19.4 Å². The number of halogens is 1. The average molecular weight is 473 g/mol. The second kappa shape index (κ2) is 8.80. The Balaban J connectivity index is 1.79. The Morgan fingerprint density at radius 2 is 1.75 bits per heavy atom. The molecule has 9 heteroatoms. The second-order valence-corrected chi connectivity index (χ2v) is 11.6. The van der Waals surface area contributed by atoms with Gasteiger partial charge in [0, 0.05) is 5.71 Å². The molecule has 2 atom stereocenters. The summed E-state index contributed by atoms with van der Waals surface area (Å²) in [6.45, 7) is 3.99. The number of rotatable bonds is 6. The molecule has 0 aliphatic carbocycles. The number of benzene rings is 2. The Kier molecular flexibility index (Phi) is 6.24. The lowest BCUT2D eigenvalue weighted by Gasteiger charge is -2.32. The third kappa shape index (κ3) is 4.51. The zero-order valence-electron chi connectivity index (χ0n) is 18.4. The number of aliphatic imine (C=N–C) groups is 2. The Labute approximate surface area is 191 Å². The lowest BCUT2D eigenvalue weighted by molar-refractivity contribution is 0.307. The summed E-state index contributed by atoms with van der Waals surface area (Å²) in [5.74, 6) is -1.08. The van der Waals surface area contributed by atoms with E-state index >= 15 is 0 Å². The highest BCUT2D eigenvalue weighted by molar-refractivity contribution is 7.93. The highest BCUT2D eigenvalue weighted by Crippen LogP contribution is 2.30. The standard InChI is InChI=1S/C23H25FN4O2S2/c1-14(2)20-17(13-32(29,30)23-25-18-7-5-6-8-19(18)31-23)21(27-22(26-20)28(3)4)15-9-11-16(24)12-10-15/h5-12,14,17,22H,13H2,1-4H3. The lowest BCUT2D eigenvalue weighted by atomic mass is 9.87. The molecule has 4 rings (SSSR count). The molecule has 2 aromatic carbocycles. The maximum Gasteiger partial charge on any atom is 0.210 e. The van der Waals surface area contributed by atoms with Crippen LogP contribution in [0.25, 0.3) is 10.2 Å². The Bertz CT molecular complexity index is 1260. The molecule has 2 heterocycles. The van der Waals surface area contributed by atoms with E-state index in [4.69, 9.17) is 9.98 Å². The molecular formula is C23H25FN4O2S2. The third-order valence-electron chi connectivity index (χ3n) is 5.33. The SMILES string of the molecule is CC(C)C1=NC(N(C)C)N=C(c2ccc(F)cc2)C1CS(=O)(=O)c1nc2ccccc2s1. The van der Waals surface area contributed by atoms with Crippen LogP contribution in [-0.4, -0.2) is 55.9 Å². The summed E-state index contributed by atoms with van der Waals surface area (Å²) in [5, 5.41) is 0. The van der Waals surface area contributed by atoms with Gasteiger partial charge in [-0.15, -0.1) is 11.3 Å². The first kappa shape index (κ1) is 22.7. The summed E-state index contributed by atoms with van der Waals surface area (Å²) in [5.41, 5.74) is 2.73. The van der Waals surface area contributed by atoms with Crippen molar-refractivity contribution in [1.82, 2.24) is 9.88 Å². The van der Waals surface area contributed by atoms with Crippen LogP contribution in [0.2, 0.25) is 0 Å². The van der Waals surface area contributed by atoms with Gasteiger partial charge in [0.1, 0.15) is 5.82 Å². The first-order chi connectivity index (χ1) is 15.2. The smallest absolute Gasteiger partial charge is 0.210 e. The van der Waals surface area contributed by atoms with Crippen molar-refractivity contribution in [2.45, 2.75) is 24.5 Å². The van der Waals surface area contributed by atoms with Crippen LogP contribution in [-0.2, 0) is 9.84 Å². The number of hydrogen-bond donors (Lipinski definition) is 0. The van der Waals surface area contributed by atoms with Gasteiger partial charge in [0.15, 0.2) is 6.29 Å². The summed E-state index contributed by atoms with van der Waals surface area (Å²) in [6, 6.07) is 13.4. The predicted molar refractivity (Wildman–Crippen MR) is 128 cm³/mol. The number of hydrogen-bond acceptors (Lipinski definition) is 7. The molecule has 1 aromatic heterocycles. The molecule has 1 aliphatic heterocycles. The molecule has 0 saturated carbocycles. The van der Waals surface area contributed by atoms with Gasteiger partial charge in [-0.2, -0.15) is 0 Å². The Morgan fingerprint density at radius 3 is 2.38 bits per heavy atom. The van der Waals surface area contributed by atoms with E-state index in [2.05, 4.69) is 4.98 Å². The van der Waals surface area contributed by atoms with Crippen molar-refractivity contribution in [2.75, 3.05) is 19.8 Å². The average Bonchev–Trinajstić information content (AvgIpc) is 3.19. The molecule has 0 radical (unpaired) electrons. The second-order valence-electron chi connectivity index (χ2n) is 8.32. The molecule has 0 spiro atoms. The quantitative estimate of drug-likeness (QED) is 0.537. The summed E-state index contributed by atoms with van der Waals surface area (Å²) in [4.78, 5) is 15.8. The number of thiazole rings is 1. The topological polar surface area (TPSA) is 75.0 Å². The van der Waals surface area contributed by atoms with Crippen LogP contribution in [0, 0.1) is 17.7 Å². The van der Waals surface area contributed by atoms with Gasteiger partial charge in [-0.3, -0.25) is 9.89 Å². The first-order valence-corrected chi connectivity index (χ1v) is 12.8. The summed E-state index contributed by atoms with van der Waals surface area (Å²) in [6.07, 6.45) is -0.464. The van der Waals surface area contributed by atoms with Crippen LogP contribution >= 0.6 is 11.3 Å². The van der Waals surface area contributed by atoms with Crippen LogP contribution in [0.15, 0.2) is 62.9 Å². The molecule has 0 N–H and O–H groups in total. The molecule has 6 nitrogen and oxygen atoms in total. The third-order valence-corrected chi connectivity index (χ3v) is 8.56. The number of para-hydroxylation sites is 1. The van der Waals surface area contributed by atoms with Crippen molar-refractivity contribution >= 4 is 42.8 Å². The van der Waals surface area contributed by atoms with E-state index in [1.54, 1.807) is 18.2 Å². The zero-order valence-corrected chi connectivity index (χ0v) is 20.0. The minimum atomic E-state index is -3.72. The fourth-order valence-electron chi connectivity index (χ4n) is 3.72. The molecule has 0 saturated heterocycles. The van der Waals surface area contributed by atoms with E-state index in [1.807, 2.05) is 51.0 Å². The van der Waals surface area contributed by atoms with E-state index in [-0.39, 0.29) is 21.8 Å². The maximum atomic E-state index is 13.6. The molecule has 0 bridgehead atoms. The Morgan fingerprint density at radius 1 is 1.06 bits per heavy atom. The van der Waals surface area contributed by atoms with Crippen molar-refractivity contribution in [3.05, 3.63) is 59.9 Å². The number of fused-ring (bicyclic) bond motifs is 1. The molecule has 32 heavy (non-hydrogen) atoms. The van der Waals surface area contributed by atoms with Gasteiger partial charge in [-0.1, -0.05) is 38.1 Å². The summed E-state index contributed by atoms with van der Waals surface area (Å²) >= 11 is 1.17. The van der Waals surface area contributed by atoms with Crippen molar-refractivity contribution in [3.63, 3.8) is 0 Å². The largest absolute Gasteiger partial charge is 0.270 e. The monoisotopic (exact) mass is 472 g/mol. The minimum absolute atomic E-state index is 0.0129. The number of sulfone groups is 1. The van der Waals surface area contributed by atoms with Crippen molar-refractivity contribution < 1.29 is 12.8 Å². The Hall–Kier alpha value is -2.49. The lowest BCUT2D eigenvalue weighted by Crippen LogP contribution is -2.42. The fourth-order valence-corrected chi connectivity index (χ4v) is 6.55.